The van der Waals surface area contributed by atoms with Crippen LogP contribution < -0.4 is 10.5 Å². The Morgan fingerprint density at radius 3 is 2.73 bits per heavy atom. The molecule has 0 bridgehead atoms. The number of nitrogens with two attached hydrogens (primary N) is 1. The number of amides is 2. The molecule has 0 spiro atoms. The maximum Gasteiger partial charge on any atom is 0.317 e. The van der Waals surface area contributed by atoms with Gasteiger partial charge in [0.1, 0.15) is 4.90 Å². The van der Waals surface area contributed by atoms with Gasteiger partial charge in [0.05, 0.1) is 0 Å². The molecule has 2 atom stereocenters. The van der Waals surface area contributed by atoms with Gasteiger partial charge < -0.3 is 10.2 Å². The molecule has 2 aliphatic rings. The third-order valence-corrected chi connectivity index (χ3v) is 6.28. The maximum atomic E-state index is 12.6. The van der Waals surface area contributed by atoms with Crippen molar-refractivity contribution in [2.24, 2.45) is 5.14 Å². The topological polar surface area (TPSA) is 109 Å². The Balaban J connectivity index is 1.62. The van der Waals surface area contributed by atoms with Crippen LogP contribution in [-0.2, 0) is 16.6 Å². The highest BCUT2D eigenvalue weighted by Crippen LogP contribution is 2.25. The van der Waals surface area contributed by atoms with Crippen LogP contribution in [-0.4, -0.2) is 61.0 Å². The predicted molar refractivity (Wildman–Crippen MR) is 98.0 cm³/mol. The van der Waals surface area contributed by atoms with E-state index in [1.54, 1.807) is 6.92 Å². The molecule has 2 saturated heterocycles. The van der Waals surface area contributed by atoms with Crippen molar-refractivity contribution in [2.75, 3.05) is 19.6 Å². The third kappa shape index (κ3) is 4.16. The molecule has 8 nitrogen and oxygen atoms in total. The Bertz CT molecular complexity index is 777. The van der Waals surface area contributed by atoms with Gasteiger partial charge in [-0.3, -0.25) is 9.88 Å². The summed E-state index contributed by atoms with van der Waals surface area (Å²) in [6.45, 7) is 7.05. The molecule has 2 fully saturated rings. The van der Waals surface area contributed by atoms with E-state index in [0.29, 0.717) is 17.3 Å². The Labute approximate surface area is 154 Å². The Morgan fingerprint density at radius 1 is 1.38 bits per heavy atom. The van der Waals surface area contributed by atoms with Crippen LogP contribution in [0.25, 0.3) is 0 Å². The fourth-order valence-electron chi connectivity index (χ4n) is 3.82. The summed E-state index contributed by atoms with van der Waals surface area (Å²) < 4.78 is 23.0. The van der Waals surface area contributed by atoms with E-state index in [-0.39, 0.29) is 23.5 Å². The fraction of sp³-hybridized carbons (Fsp3) is 0.647. The van der Waals surface area contributed by atoms with Crippen molar-refractivity contribution >= 4 is 16.1 Å². The minimum absolute atomic E-state index is 0.0454. The first-order valence-electron chi connectivity index (χ1n) is 9.02. The minimum Gasteiger partial charge on any atom is -0.334 e. The van der Waals surface area contributed by atoms with Gasteiger partial charge in [0.2, 0.25) is 10.0 Å². The summed E-state index contributed by atoms with van der Waals surface area (Å²) in [6.07, 6.45) is 4.71. The number of hydrogen-bond acceptors (Lipinski definition) is 5. The van der Waals surface area contributed by atoms with Crippen LogP contribution in [0.15, 0.2) is 17.2 Å². The van der Waals surface area contributed by atoms with E-state index in [9.17, 15) is 13.2 Å². The number of rotatable bonds is 4. The number of nitrogens with zero attached hydrogens (tertiary/aromatic N) is 3. The molecule has 1 aromatic rings. The lowest BCUT2D eigenvalue weighted by Crippen LogP contribution is -2.43. The number of hydrogen-bond donors (Lipinski definition) is 2. The summed E-state index contributed by atoms with van der Waals surface area (Å²) >= 11 is 0. The summed E-state index contributed by atoms with van der Waals surface area (Å²) in [4.78, 5) is 21.0. The highest BCUT2D eigenvalue weighted by atomic mass is 32.2. The molecule has 2 amide bonds. The highest BCUT2D eigenvalue weighted by Gasteiger charge is 2.36. The molecular weight excluding hydrogens is 354 g/mol. The molecule has 0 aliphatic carbocycles. The smallest absolute Gasteiger partial charge is 0.317 e. The molecular formula is C17H27N5O3S. The summed E-state index contributed by atoms with van der Waals surface area (Å²) in [5, 5.41) is 8.05. The molecule has 0 radical (unpaired) electrons. The van der Waals surface area contributed by atoms with E-state index >= 15 is 0 Å². The second-order valence-corrected chi connectivity index (χ2v) is 8.81. The van der Waals surface area contributed by atoms with Crippen LogP contribution in [0.3, 0.4) is 0 Å². The zero-order chi connectivity index (χ0) is 18.9. The van der Waals surface area contributed by atoms with Gasteiger partial charge in [0.25, 0.3) is 0 Å². The van der Waals surface area contributed by atoms with Crippen molar-refractivity contribution in [3.8, 4) is 0 Å². The van der Waals surface area contributed by atoms with E-state index in [1.165, 1.54) is 25.1 Å². The van der Waals surface area contributed by atoms with E-state index in [0.717, 1.165) is 26.1 Å². The molecule has 0 saturated carbocycles. The van der Waals surface area contributed by atoms with Gasteiger partial charge in [-0.25, -0.2) is 18.4 Å². The Morgan fingerprint density at radius 2 is 2.08 bits per heavy atom. The van der Waals surface area contributed by atoms with Gasteiger partial charge in [-0.2, -0.15) is 0 Å². The lowest BCUT2D eigenvalue weighted by molar-refractivity contribution is 0.189. The zero-order valence-electron chi connectivity index (χ0n) is 15.3. The second-order valence-electron chi connectivity index (χ2n) is 7.25. The van der Waals surface area contributed by atoms with Crippen LogP contribution >= 0.6 is 0 Å². The van der Waals surface area contributed by atoms with Crippen LogP contribution in [0.2, 0.25) is 0 Å². The first-order valence-corrected chi connectivity index (χ1v) is 10.6. The van der Waals surface area contributed by atoms with E-state index in [4.69, 9.17) is 5.14 Å². The van der Waals surface area contributed by atoms with Gasteiger partial charge in [0, 0.05) is 37.1 Å². The number of aromatic nitrogens is 1. The third-order valence-electron chi connectivity index (χ3n) is 5.40. The number of nitrogens with one attached hydrogen (secondary N) is 1. The van der Waals surface area contributed by atoms with Crippen molar-refractivity contribution < 1.29 is 13.2 Å². The second kappa shape index (κ2) is 7.50. The maximum absolute atomic E-state index is 12.6. The number of primary sulfonamides is 1. The average molecular weight is 382 g/mol. The summed E-state index contributed by atoms with van der Waals surface area (Å²) in [6, 6.07) is 1.97. The summed E-state index contributed by atoms with van der Waals surface area (Å²) in [5.41, 5.74) is 1.31. The lowest BCUT2D eigenvalue weighted by Gasteiger charge is -2.24. The van der Waals surface area contributed by atoms with Gasteiger partial charge >= 0.3 is 6.03 Å². The summed E-state index contributed by atoms with van der Waals surface area (Å²) in [5.74, 6) is 0. The molecule has 3 rings (SSSR count). The van der Waals surface area contributed by atoms with Gasteiger partial charge in [-0.05, 0) is 57.8 Å². The molecule has 0 aromatic carbocycles. The van der Waals surface area contributed by atoms with Gasteiger partial charge in [-0.1, -0.05) is 0 Å². The quantitative estimate of drug-likeness (QED) is 0.802. The van der Waals surface area contributed by atoms with Crippen molar-refractivity contribution in [3.63, 3.8) is 0 Å². The molecule has 26 heavy (non-hydrogen) atoms. The van der Waals surface area contributed by atoms with Crippen molar-refractivity contribution in [1.29, 1.82) is 0 Å². The monoisotopic (exact) mass is 381 g/mol. The highest BCUT2D eigenvalue weighted by molar-refractivity contribution is 7.89. The van der Waals surface area contributed by atoms with Crippen molar-refractivity contribution in [1.82, 2.24) is 20.1 Å². The number of carbonyl (C=O) groups is 1. The number of sulfonamides is 1. The van der Waals surface area contributed by atoms with Crippen molar-refractivity contribution in [2.45, 2.75) is 56.6 Å². The lowest BCUT2D eigenvalue weighted by atomic mass is 10.2. The van der Waals surface area contributed by atoms with Crippen LogP contribution in [0.5, 0.6) is 0 Å². The van der Waals surface area contributed by atoms with E-state index < -0.39 is 10.0 Å². The Hall–Kier alpha value is -1.71. The fourth-order valence-corrected chi connectivity index (χ4v) is 4.33. The largest absolute Gasteiger partial charge is 0.334 e. The number of likely N-dealkylation sites (tertiary alicyclic amines) is 2. The first-order chi connectivity index (χ1) is 12.3. The SMILES string of the molecule is Cc1ncc(S(N)(=O)=O)cc1CNC(=O)N1CC(N2CCCC2)CC1C. The van der Waals surface area contributed by atoms with Gasteiger partial charge in [0.15, 0.2) is 0 Å². The number of carbonyl (C=O) groups excluding carboxylic acids is 1. The zero-order valence-corrected chi connectivity index (χ0v) is 16.1. The number of pyridine rings is 1. The molecule has 2 unspecified atom stereocenters. The molecule has 1 aromatic heterocycles. The molecule has 2 aliphatic heterocycles. The Kier molecular flexibility index (Phi) is 5.50. The predicted octanol–water partition coefficient (Wildman–Crippen LogP) is 0.806. The number of urea groups is 1. The van der Waals surface area contributed by atoms with Crippen molar-refractivity contribution in [3.05, 3.63) is 23.5 Å². The van der Waals surface area contributed by atoms with Gasteiger partial charge in [-0.15, -0.1) is 0 Å². The number of aryl methyl sites for hydroxylation is 1. The molecule has 144 valence electrons. The van der Waals surface area contributed by atoms with E-state index in [1.807, 2.05) is 4.90 Å². The van der Waals surface area contributed by atoms with Crippen LogP contribution in [0, 0.1) is 6.92 Å². The normalized spacial score (nSPS) is 24.2. The van der Waals surface area contributed by atoms with E-state index in [2.05, 4.69) is 22.1 Å². The molecule has 3 heterocycles. The standard InChI is InChI=1S/C17H27N5O3S/c1-12-7-15(21-5-3-4-6-21)11-22(12)17(23)20-9-14-8-16(26(18,24)25)10-19-13(14)2/h8,10,12,15H,3-7,9,11H2,1-2H3,(H,20,23)(H2,18,24,25). The van der Waals surface area contributed by atoms with Crippen LogP contribution in [0.4, 0.5) is 4.79 Å². The molecule has 3 N–H and O–H groups in total. The van der Waals surface area contributed by atoms with Crippen LogP contribution in [0.1, 0.15) is 37.4 Å². The first kappa shape index (κ1) is 19.1. The molecule has 9 heteroatoms. The average Bonchev–Trinajstić information content (AvgIpc) is 3.22. The minimum atomic E-state index is -3.81. The summed E-state index contributed by atoms with van der Waals surface area (Å²) in [7, 11) is -3.81.